The van der Waals surface area contributed by atoms with Gasteiger partial charge in [-0.1, -0.05) is 103 Å². The molecule has 6 heteroatoms. The zero-order valence-electron chi connectivity index (χ0n) is 15.8. The number of hydrogen-bond donors (Lipinski definition) is 1. The van der Waals surface area contributed by atoms with Gasteiger partial charge in [0.05, 0.1) is 12.4 Å². The van der Waals surface area contributed by atoms with Crippen LogP contribution in [0.3, 0.4) is 0 Å². The predicted molar refractivity (Wildman–Crippen MR) is 124 cm³/mol. The topological polar surface area (TPSA) is 62.1 Å². The summed E-state index contributed by atoms with van der Waals surface area (Å²) in [6.45, 7) is -2.64. The van der Waals surface area contributed by atoms with E-state index >= 15 is 0 Å². The molecular weight excluding hydrogens is 399 g/mol. The third-order valence-corrected chi connectivity index (χ3v) is 9.16. The second-order valence-corrected chi connectivity index (χ2v) is 9.83. The van der Waals surface area contributed by atoms with Gasteiger partial charge in [0.1, 0.15) is 11.1 Å². The summed E-state index contributed by atoms with van der Waals surface area (Å²) in [4.78, 5) is 11.9. The molecule has 3 aromatic carbocycles. The quantitative estimate of drug-likeness (QED) is 0.521. The van der Waals surface area contributed by atoms with E-state index in [1.807, 2.05) is 91.0 Å². The maximum Gasteiger partial charge on any atom is 0.412 e. The molecule has 1 amide bonds. The summed E-state index contributed by atoms with van der Waals surface area (Å²) < 4.78 is 4.70. The first-order chi connectivity index (χ1) is 14.1. The Morgan fingerprint density at radius 1 is 0.862 bits per heavy atom. The van der Waals surface area contributed by atoms with Crippen LogP contribution in [-0.2, 0) is 4.74 Å². The van der Waals surface area contributed by atoms with Crippen LogP contribution in [0.5, 0.6) is 0 Å². The largest absolute Gasteiger partial charge is 0.453 e. The number of nitrogens with zero attached hydrogens (tertiary/aromatic N) is 1. The Balaban J connectivity index is 2.51. The van der Waals surface area contributed by atoms with Crippen molar-refractivity contribution < 1.29 is 9.53 Å². The van der Waals surface area contributed by atoms with Crippen molar-refractivity contribution in [1.82, 2.24) is 5.32 Å². The van der Waals surface area contributed by atoms with Gasteiger partial charge in [0.25, 0.3) is 0 Å². The SMILES string of the molecule is COC(=O)NC(=S)C(C#N)=P(c1ccccc1)(c1ccccc1)c1ccccc1. The number of benzene rings is 3. The van der Waals surface area contributed by atoms with Crippen LogP contribution >= 0.6 is 19.1 Å². The third kappa shape index (κ3) is 4.00. The first kappa shape index (κ1) is 20.5. The van der Waals surface area contributed by atoms with Gasteiger partial charge in [-0.2, -0.15) is 5.26 Å². The summed E-state index contributed by atoms with van der Waals surface area (Å²) in [5.41, 5.74) is 0. The van der Waals surface area contributed by atoms with Crippen molar-refractivity contribution in [2.75, 3.05) is 7.11 Å². The maximum atomic E-state index is 11.8. The monoisotopic (exact) mass is 418 g/mol. The molecule has 4 nitrogen and oxygen atoms in total. The van der Waals surface area contributed by atoms with Gasteiger partial charge in [-0.15, -0.1) is 0 Å². The number of amides is 1. The van der Waals surface area contributed by atoms with E-state index in [-0.39, 0.29) is 4.99 Å². The predicted octanol–water partition coefficient (Wildman–Crippen LogP) is 3.36. The average molecular weight is 418 g/mol. The van der Waals surface area contributed by atoms with Crippen LogP contribution < -0.4 is 21.2 Å². The van der Waals surface area contributed by atoms with Crippen LogP contribution in [0.1, 0.15) is 0 Å². The molecule has 0 atom stereocenters. The number of methoxy groups -OCH3 is 1. The molecule has 0 aromatic heterocycles. The molecule has 0 saturated heterocycles. The van der Waals surface area contributed by atoms with Gasteiger partial charge in [0.2, 0.25) is 0 Å². The fourth-order valence-electron chi connectivity index (χ4n) is 3.27. The molecule has 0 radical (unpaired) electrons. The van der Waals surface area contributed by atoms with Gasteiger partial charge >= 0.3 is 6.09 Å². The Hall–Kier alpha value is -3.19. The zero-order valence-corrected chi connectivity index (χ0v) is 17.5. The highest BCUT2D eigenvalue weighted by Crippen LogP contribution is 2.46. The van der Waals surface area contributed by atoms with Gasteiger partial charge in [-0.25, -0.2) is 4.79 Å². The highest BCUT2D eigenvalue weighted by molar-refractivity contribution is 7.99. The van der Waals surface area contributed by atoms with Crippen molar-refractivity contribution in [2.45, 2.75) is 0 Å². The number of hydrogen-bond acceptors (Lipinski definition) is 4. The molecule has 3 rings (SSSR count). The maximum absolute atomic E-state index is 11.8. The minimum absolute atomic E-state index is 0.0734. The molecule has 29 heavy (non-hydrogen) atoms. The fourth-order valence-corrected chi connectivity index (χ4v) is 7.85. The van der Waals surface area contributed by atoms with Crippen molar-refractivity contribution in [3.63, 3.8) is 0 Å². The molecule has 0 saturated carbocycles. The van der Waals surface area contributed by atoms with E-state index in [0.717, 1.165) is 15.9 Å². The van der Waals surface area contributed by atoms with Crippen LogP contribution in [0.15, 0.2) is 91.0 Å². The molecule has 0 aliphatic heterocycles. The standard InChI is InChI=1S/C23H19N2O2PS/c1-27-23(26)25-22(29)21(17-24)28(18-11-5-2-6-12-18,19-13-7-3-8-14-19)20-15-9-4-10-16-20/h2-16H,1H3,(H,25,26,29). The minimum atomic E-state index is -2.64. The van der Waals surface area contributed by atoms with E-state index in [1.54, 1.807) is 0 Å². The number of carbonyl (C=O) groups is 1. The molecule has 1 N–H and O–H groups in total. The number of nitrogens with one attached hydrogen (secondary N) is 1. The number of ether oxygens (including phenoxy) is 1. The lowest BCUT2D eigenvalue weighted by Gasteiger charge is -2.30. The second-order valence-electron chi connectivity index (χ2n) is 6.08. The van der Waals surface area contributed by atoms with Gasteiger partial charge in [0, 0.05) is 0 Å². The molecule has 0 unspecified atom stereocenters. The summed E-state index contributed by atoms with van der Waals surface area (Å²) >= 11 is 5.52. The highest BCUT2D eigenvalue weighted by Gasteiger charge is 2.32. The Morgan fingerprint density at radius 3 is 1.55 bits per heavy atom. The van der Waals surface area contributed by atoms with Gasteiger partial charge in [0.15, 0.2) is 0 Å². The summed E-state index contributed by atoms with van der Waals surface area (Å²) in [5, 5.41) is 16.1. The molecule has 0 spiro atoms. The molecule has 144 valence electrons. The molecule has 0 bridgehead atoms. The summed E-state index contributed by atoms with van der Waals surface area (Å²) in [5.74, 6) is 0. The van der Waals surface area contributed by atoms with E-state index in [0.29, 0.717) is 5.29 Å². The van der Waals surface area contributed by atoms with Crippen LogP contribution in [0, 0.1) is 11.3 Å². The van der Waals surface area contributed by atoms with Gasteiger partial charge < -0.3 is 4.74 Å². The third-order valence-electron chi connectivity index (χ3n) is 4.49. The van der Waals surface area contributed by atoms with Crippen molar-refractivity contribution >= 4 is 51.4 Å². The number of nitriles is 1. The summed E-state index contributed by atoms with van der Waals surface area (Å²) in [7, 11) is 1.26. The molecule has 0 aliphatic carbocycles. The van der Waals surface area contributed by atoms with Crippen LogP contribution in [-0.4, -0.2) is 23.5 Å². The summed E-state index contributed by atoms with van der Waals surface area (Å²) in [6, 6.07) is 31.8. The lowest BCUT2D eigenvalue weighted by atomic mass is 10.3. The Kier molecular flexibility index (Phi) is 6.61. The first-order valence-corrected chi connectivity index (χ1v) is 11.1. The second kappa shape index (κ2) is 9.34. The molecule has 3 aromatic rings. The zero-order chi connectivity index (χ0) is 20.7. The van der Waals surface area contributed by atoms with Gasteiger partial charge in [-0.05, 0) is 22.8 Å². The summed E-state index contributed by atoms with van der Waals surface area (Å²) in [6.07, 6.45) is -0.699. The molecular formula is C23H19N2O2PS. The van der Waals surface area contributed by atoms with Crippen LogP contribution in [0.25, 0.3) is 0 Å². The van der Waals surface area contributed by atoms with E-state index < -0.39 is 13.0 Å². The minimum Gasteiger partial charge on any atom is -0.453 e. The van der Waals surface area contributed by atoms with Crippen LogP contribution in [0.2, 0.25) is 0 Å². The number of carbonyl (C=O) groups excluding carboxylic acids is 1. The normalized spacial score (nSPS) is 10.5. The molecule has 0 heterocycles. The lowest BCUT2D eigenvalue weighted by molar-refractivity contribution is 0.177. The van der Waals surface area contributed by atoms with E-state index in [2.05, 4.69) is 11.4 Å². The van der Waals surface area contributed by atoms with Crippen molar-refractivity contribution in [3.8, 4) is 6.07 Å². The van der Waals surface area contributed by atoms with Crippen molar-refractivity contribution in [3.05, 3.63) is 91.0 Å². The molecule has 0 fully saturated rings. The van der Waals surface area contributed by atoms with Crippen LogP contribution in [0.4, 0.5) is 4.79 Å². The van der Waals surface area contributed by atoms with Crippen molar-refractivity contribution in [2.24, 2.45) is 0 Å². The lowest BCUT2D eigenvalue weighted by Crippen LogP contribution is -2.39. The average Bonchev–Trinajstić information content (AvgIpc) is 2.79. The van der Waals surface area contributed by atoms with Gasteiger partial charge in [-0.3, -0.25) is 5.32 Å². The van der Waals surface area contributed by atoms with Crippen molar-refractivity contribution in [1.29, 1.82) is 5.26 Å². The number of thiocarbonyl (C=S) groups is 1. The number of alkyl carbamates (subject to hydrolysis) is 1. The van der Waals surface area contributed by atoms with E-state index in [4.69, 9.17) is 17.0 Å². The Morgan fingerprint density at radius 2 is 1.24 bits per heavy atom. The first-order valence-electron chi connectivity index (χ1n) is 8.87. The Bertz CT molecular complexity index is 1000. The fraction of sp³-hybridized carbons (Fsp3) is 0.0435. The van der Waals surface area contributed by atoms with E-state index in [1.165, 1.54) is 7.11 Å². The van der Waals surface area contributed by atoms with E-state index in [9.17, 15) is 10.1 Å². The smallest absolute Gasteiger partial charge is 0.412 e. The Labute approximate surface area is 175 Å². The number of rotatable bonds is 4. The highest BCUT2D eigenvalue weighted by atomic mass is 32.1. The molecule has 0 aliphatic rings.